The standard InChI is InChI=1S/C25H23ClFN3O5S2/c1-34-21-9-8-20(26)23-22(21)28-25(36-23)30(15-18-3-2-14-35-18)24(31)16-10-12-29(13-11-16)37(32,33)19-6-4-17(27)5-7-19/h2-9,14,16H,10-13,15H2,1H3. The van der Waals surface area contributed by atoms with Gasteiger partial charge in [0.15, 0.2) is 5.13 Å². The van der Waals surface area contributed by atoms with E-state index in [1.54, 1.807) is 36.3 Å². The van der Waals surface area contributed by atoms with E-state index in [1.165, 1.54) is 34.0 Å². The van der Waals surface area contributed by atoms with Crippen LogP contribution in [0.3, 0.4) is 0 Å². The van der Waals surface area contributed by atoms with Gasteiger partial charge in [-0.2, -0.15) is 4.31 Å². The van der Waals surface area contributed by atoms with Crippen molar-refractivity contribution in [1.82, 2.24) is 9.29 Å². The average Bonchev–Trinajstić information content (AvgIpc) is 3.58. The molecular weight excluding hydrogens is 541 g/mol. The summed E-state index contributed by atoms with van der Waals surface area (Å²) >= 11 is 7.69. The first-order valence-electron chi connectivity index (χ1n) is 11.5. The molecular formula is C25H23ClFN3O5S2. The number of rotatable bonds is 7. The maximum Gasteiger partial charge on any atom is 0.243 e. The molecule has 1 aliphatic heterocycles. The molecule has 2 aromatic heterocycles. The van der Waals surface area contributed by atoms with Gasteiger partial charge in [-0.15, -0.1) is 0 Å². The molecule has 0 atom stereocenters. The number of furan rings is 1. The highest BCUT2D eigenvalue weighted by Crippen LogP contribution is 2.40. The second kappa shape index (κ2) is 10.4. The molecule has 1 fully saturated rings. The fraction of sp³-hybridized carbons (Fsp3) is 0.280. The summed E-state index contributed by atoms with van der Waals surface area (Å²) in [7, 11) is -2.24. The first-order chi connectivity index (χ1) is 17.8. The third-order valence-electron chi connectivity index (χ3n) is 6.31. The van der Waals surface area contributed by atoms with Gasteiger partial charge in [-0.1, -0.05) is 22.9 Å². The fourth-order valence-electron chi connectivity index (χ4n) is 4.34. The molecule has 37 heavy (non-hydrogen) atoms. The summed E-state index contributed by atoms with van der Waals surface area (Å²) in [6.45, 7) is 0.508. The summed E-state index contributed by atoms with van der Waals surface area (Å²) in [6, 6.07) is 11.7. The number of hydrogen-bond acceptors (Lipinski definition) is 7. The second-order valence-electron chi connectivity index (χ2n) is 8.56. The topological polar surface area (TPSA) is 93.0 Å². The third kappa shape index (κ3) is 5.08. The van der Waals surface area contributed by atoms with Gasteiger partial charge < -0.3 is 9.15 Å². The molecule has 8 nitrogen and oxygen atoms in total. The summed E-state index contributed by atoms with van der Waals surface area (Å²) < 4.78 is 52.2. The summed E-state index contributed by atoms with van der Waals surface area (Å²) in [5.41, 5.74) is 0.562. The molecule has 2 aromatic carbocycles. The fourth-order valence-corrected chi connectivity index (χ4v) is 7.07. The Kier molecular flexibility index (Phi) is 7.21. The van der Waals surface area contributed by atoms with Gasteiger partial charge in [-0.25, -0.2) is 17.8 Å². The number of ether oxygens (including phenoxy) is 1. The Morgan fingerprint density at radius 3 is 2.59 bits per heavy atom. The molecule has 1 amide bonds. The van der Waals surface area contributed by atoms with Gasteiger partial charge in [0.2, 0.25) is 15.9 Å². The van der Waals surface area contributed by atoms with E-state index in [9.17, 15) is 17.6 Å². The number of halogens is 2. The molecule has 0 radical (unpaired) electrons. The number of fused-ring (bicyclic) bond motifs is 1. The van der Waals surface area contributed by atoms with E-state index in [4.69, 9.17) is 20.8 Å². The van der Waals surface area contributed by atoms with Crippen LogP contribution < -0.4 is 9.64 Å². The maximum absolute atomic E-state index is 13.8. The van der Waals surface area contributed by atoms with E-state index >= 15 is 0 Å². The Morgan fingerprint density at radius 1 is 1.22 bits per heavy atom. The van der Waals surface area contributed by atoms with E-state index < -0.39 is 21.8 Å². The molecule has 0 bridgehead atoms. The molecule has 194 valence electrons. The Bertz CT molecular complexity index is 1520. The molecule has 5 rings (SSSR count). The number of carbonyl (C=O) groups excluding carboxylic acids is 1. The Balaban J connectivity index is 1.39. The molecule has 3 heterocycles. The van der Waals surface area contributed by atoms with Gasteiger partial charge in [0, 0.05) is 19.0 Å². The number of methoxy groups -OCH3 is 1. The predicted octanol–water partition coefficient (Wildman–Crippen LogP) is 5.32. The van der Waals surface area contributed by atoms with Crippen molar-refractivity contribution in [3.8, 4) is 5.75 Å². The zero-order valence-electron chi connectivity index (χ0n) is 19.8. The van der Waals surface area contributed by atoms with Crippen molar-refractivity contribution in [1.29, 1.82) is 0 Å². The smallest absolute Gasteiger partial charge is 0.243 e. The lowest BCUT2D eigenvalue weighted by Crippen LogP contribution is -2.44. The SMILES string of the molecule is COc1ccc(Cl)c2sc(N(Cc3ccco3)C(=O)C3CCN(S(=O)(=O)c4ccc(F)cc4)CC3)nc12. The van der Waals surface area contributed by atoms with Crippen LogP contribution in [0.2, 0.25) is 5.02 Å². The van der Waals surface area contributed by atoms with Crippen LogP contribution >= 0.6 is 22.9 Å². The minimum atomic E-state index is -3.78. The Hall–Kier alpha value is -2.99. The largest absolute Gasteiger partial charge is 0.494 e. The van der Waals surface area contributed by atoms with Crippen molar-refractivity contribution in [2.45, 2.75) is 24.3 Å². The zero-order chi connectivity index (χ0) is 26.2. The molecule has 1 aliphatic rings. The van der Waals surface area contributed by atoms with Crippen LogP contribution in [0, 0.1) is 11.7 Å². The number of sulfonamides is 1. The highest BCUT2D eigenvalue weighted by atomic mass is 35.5. The predicted molar refractivity (Wildman–Crippen MR) is 139 cm³/mol. The van der Waals surface area contributed by atoms with Crippen LogP contribution in [0.15, 0.2) is 64.1 Å². The average molecular weight is 564 g/mol. The van der Waals surface area contributed by atoms with Crippen LogP contribution in [0.25, 0.3) is 10.2 Å². The summed E-state index contributed by atoms with van der Waals surface area (Å²) in [5.74, 6) is 0.0330. The zero-order valence-corrected chi connectivity index (χ0v) is 22.2. The van der Waals surface area contributed by atoms with Gasteiger partial charge in [0.25, 0.3) is 0 Å². The van der Waals surface area contributed by atoms with E-state index in [0.29, 0.717) is 44.7 Å². The van der Waals surface area contributed by atoms with Crippen molar-refractivity contribution < 1.29 is 26.8 Å². The van der Waals surface area contributed by atoms with Gasteiger partial charge >= 0.3 is 0 Å². The highest BCUT2D eigenvalue weighted by molar-refractivity contribution is 7.89. The number of amides is 1. The third-order valence-corrected chi connectivity index (χ3v) is 9.76. The van der Waals surface area contributed by atoms with Gasteiger partial charge in [0.1, 0.15) is 22.8 Å². The maximum atomic E-state index is 13.8. The summed E-state index contributed by atoms with van der Waals surface area (Å²) in [4.78, 5) is 20.0. The number of benzene rings is 2. The van der Waals surface area contributed by atoms with Crippen LogP contribution in [0.5, 0.6) is 5.75 Å². The van der Waals surface area contributed by atoms with Crippen molar-refractivity contribution >= 4 is 54.2 Å². The van der Waals surface area contributed by atoms with Crippen molar-refractivity contribution in [3.63, 3.8) is 0 Å². The summed E-state index contributed by atoms with van der Waals surface area (Å²) in [6.07, 6.45) is 2.21. The Morgan fingerprint density at radius 2 is 1.95 bits per heavy atom. The van der Waals surface area contributed by atoms with Gasteiger partial charge in [-0.3, -0.25) is 9.69 Å². The number of anilines is 1. The number of hydrogen-bond donors (Lipinski definition) is 0. The lowest BCUT2D eigenvalue weighted by Gasteiger charge is -2.32. The van der Waals surface area contributed by atoms with E-state index in [1.807, 2.05) is 0 Å². The number of aromatic nitrogens is 1. The lowest BCUT2D eigenvalue weighted by atomic mass is 9.96. The quantitative estimate of drug-likeness (QED) is 0.302. The van der Waals surface area contributed by atoms with Crippen LogP contribution in [0.4, 0.5) is 9.52 Å². The van der Waals surface area contributed by atoms with Gasteiger partial charge in [-0.05, 0) is 61.4 Å². The first-order valence-corrected chi connectivity index (χ1v) is 14.1. The van der Waals surface area contributed by atoms with Crippen LogP contribution in [-0.4, -0.2) is 43.8 Å². The number of piperidine rings is 1. The number of nitrogens with zero attached hydrogens (tertiary/aromatic N) is 3. The van der Waals surface area contributed by atoms with E-state index in [0.717, 1.165) is 12.1 Å². The minimum absolute atomic E-state index is 0.0263. The molecule has 1 saturated heterocycles. The minimum Gasteiger partial charge on any atom is -0.494 e. The highest BCUT2D eigenvalue weighted by Gasteiger charge is 2.35. The van der Waals surface area contributed by atoms with E-state index in [-0.39, 0.29) is 30.4 Å². The second-order valence-corrected chi connectivity index (χ2v) is 11.9. The molecule has 12 heteroatoms. The molecule has 0 N–H and O–H groups in total. The molecule has 0 spiro atoms. The normalized spacial score (nSPS) is 15.2. The number of carbonyl (C=O) groups is 1. The van der Waals surface area contributed by atoms with E-state index in [2.05, 4.69) is 4.98 Å². The van der Waals surface area contributed by atoms with Crippen LogP contribution in [0.1, 0.15) is 18.6 Å². The van der Waals surface area contributed by atoms with Crippen molar-refractivity contribution in [2.24, 2.45) is 5.92 Å². The van der Waals surface area contributed by atoms with Crippen molar-refractivity contribution in [2.75, 3.05) is 25.1 Å². The Labute approximate surface area is 222 Å². The molecule has 0 saturated carbocycles. The lowest BCUT2D eigenvalue weighted by molar-refractivity contribution is -0.123. The van der Waals surface area contributed by atoms with Crippen LogP contribution in [-0.2, 0) is 21.4 Å². The van der Waals surface area contributed by atoms with Gasteiger partial charge in [0.05, 0.1) is 34.5 Å². The summed E-state index contributed by atoms with van der Waals surface area (Å²) in [5, 5.41) is 0.952. The first kappa shape index (κ1) is 25.7. The molecule has 0 aliphatic carbocycles. The number of thiazole rings is 1. The van der Waals surface area contributed by atoms with Crippen molar-refractivity contribution in [3.05, 3.63) is 71.4 Å². The molecule has 4 aromatic rings. The molecule has 0 unspecified atom stereocenters. The monoisotopic (exact) mass is 563 g/mol.